The molecule has 0 amide bonds. The molecule has 0 aliphatic rings. The van der Waals surface area contributed by atoms with E-state index >= 15 is 0 Å². The van der Waals surface area contributed by atoms with Crippen LogP contribution >= 0.6 is 23.1 Å². The molecule has 8 heteroatoms. The number of esters is 1. The number of rotatable bonds is 9. The molecular formula is C18H18N2O4S2. The third-order valence-corrected chi connectivity index (χ3v) is 5.10. The van der Waals surface area contributed by atoms with Crippen molar-refractivity contribution in [1.29, 1.82) is 0 Å². The zero-order valence-electron chi connectivity index (χ0n) is 14.2. The smallest absolute Gasteiger partial charge is 0.316 e. The number of hydrogen-bond acceptors (Lipinski definition) is 8. The van der Waals surface area contributed by atoms with Gasteiger partial charge < -0.3 is 14.2 Å². The first-order valence-electron chi connectivity index (χ1n) is 8.08. The van der Waals surface area contributed by atoms with E-state index in [9.17, 15) is 4.79 Å². The van der Waals surface area contributed by atoms with Crippen LogP contribution in [0.3, 0.4) is 0 Å². The van der Waals surface area contributed by atoms with Crippen LogP contribution in [0.25, 0.3) is 10.2 Å². The third-order valence-electron chi connectivity index (χ3n) is 3.30. The Kier molecular flexibility index (Phi) is 6.68. The maximum atomic E-state index is 11.9. The Morgan fingerprint density at radius 2 is 1.85 bits per heavy atom. The fourth-order valence-corrected chi connectivity index (χ4v) is 3.74. The standard InChI is InChI=1S/C18H18N2O4S2/c1-2-22-13-3-5-14(6-4-13)23-8-9-24-16(21)11-26-18-15-7-10-25-17(15)19-12-20-18/h3-7,10,12H,2,8-9,11H2,1H3. The van der Waals surface area contributed by atoms with Gasteiger partial charge in [0.15, 0.2) is 0 Å². The van der Waals surface area contributed by atoms with Gasteiger partial charge in [0, 0.05) is 5.39 Å². The highest BCUT2D eigenvalue weighted by Gasteiger charge is 2.09. The molecule has 3 rings (SSSR count). The van der Waals surface area contributed by atoms with Crippen LogP contribution in [0.1, 0.15) is 6.92 Å². The number of thioether (sulfide) groups is 1. The summed E-state index contributed by atoms with van der Waals surface area (Å²) in [5.41, 5.74) is 0. The number of carbonyl (C=O) groups excluding carboxylic acids is 1. The lowest BCUT2D eigenvalue weighted by molar-refractivity contribution is -0.141. The van der Waals surface area contributed by atoms with E-state index in [-0.39, 0.29) is 18.3 Å². The van der Waals surface area contributed by atoms with Crippen molar-refractivity contribution >= 4 is 39.3 Å². The minimum Gasteiger partial charge on any atom is -0.494 e. The van der Waals surface area contributed by atoms with E-state index in [1.807, 2.05) is 42.6 Å². The van der Waals surface area contributed by atoms with E-state index in [4.69, 9.17) is 14.2 Å². The van der Waals surface area contributed by atoms with Gasteiger partial charge in [-0.2, -0.15) is 0 Å². The van der Waals surface area contributed by atoms with E-state index in [0.29, 0.717) is 19.0 Å². The van der Waals surface area contributed by atoms with Gasteiger partial charge in [-0.25, -0.2) is 9.97 Å². The fourth-order valence-electron chi connectivity index (χ4n) is 2.17. The highest BCUT2D eigenvalue weighted by atomic mass is 32.2. The number of benzene rings is 1. The number of ether oxygens (including phenoxy) is 3. The molecule has 0 N–H and O–H groups in total. The van der Waals surface area contributed by atoms with E-state index in [1.165, 1.54) is 18.1 Å². The predicted molar refractivity (Wildman–Crippen MR) is 102 cm³/mol. The van der Waals surface area contributed by atoms with Crippen LogP contribution in [-0.2, 0) is 9.53 Å². The number of thiophene rings is 1. The Labute approximate surface area is 159 Å². The fraction of sp³-hybridized carbons (Fsp3) is 0.278. The summed E-state index contributed by atoms with van der Waals surface area (Å²) in [6.45, 7) is 3.06. The molecule has 0 radical (unpaired) electrons. The number of carbonyl (C=O) groups is 1. The van der Waals surface area contributed by atoms with Gasteiger partial charge in [-0.1, -0.05) is 11.8 Å². The van der Waals surface area contributed by atoms with Crippen LogP contribution < -0.4 is 9.47 Å². The first-order chi connectivity index (χ1) is 12.8. The maximum Gasteiger partial charge on any atom is 0.316 e. The molecule has 0 unspecified atom stereocenters. The summed E-state index contributed by atoms with van der Waals surface area (Å²) in [7, 11) is 0. The van der Waals surface area contributed by atoms with E-state index < -0.39 is 0 Å². The van der Waals surface area contributed by atoms with Crippen LogP contribution in [-0.4, -0.2) is 41.5 Å². The van der Waals surface area contributed by atoms with Gasteiger partial charge in [0.25, 0.3) is 0 Å². The number of fused-ring (bicyclic) bond motifs is 1. The lowest BCUT2D eigenvalue weighted by Crippen LogP contribution is -2.13. The van der Waals surface area contributed by atoms with E-state index in [0.717, 1.165) is 21.0 Å². The molecule has 0 aliphatic carbocycles. The summed E-state index contributed by atoms with van der Waals surface area (Å²) >= 11 is 2.90. The van der Waals surface area contributed by atoms with Crippen LogP contribution in [0.15, 0.2) is 47.1 Å². The molecule has 2 aromatic heterocycles. The van der Waals surface area contributed by atoms with Crippen LogP contribution in [0.2, 0.25) is 0 Å². The van der Waals surface area contributed by atoms with Gasteiger partial charge in [0.2, 0.25) is 0 Å². The van der Waals surface area contributed by atoms with Gasteiger partial charge in [0.05, 0.1) is 12.4 Å². The number of aromatic nitrogens is 2. The Bertz CT molecular complexity index is 852. The van der Waals surface area contributed by atoms with Crippen molar-refractivity contribution in [3.8, 4) is 11.5 Å². The van der Waals surface area contributed by atoms with Gasteiger partial charge in [-0.05, 0) is 42.6 Å². The number of hydrogen-bond donors (Lipinski definition) is 0. The first kappa shape index (κ1) is 18.5. The van der Waals surface area contributed by atoms with E-state index in [2.05, 4.69) is 9.97 Å². The SMILES string of the molecule is CCOc1ccc(OCCOC(=O)CSc2ncnc3sccc23)cc1. The minimum absolute atomic E-state index is 0.199. The highest BCUT2D eigenvalue weighted by molar-refractivity contribution is 8.00. The topological polar surface area (TPSA) is 70.5 Å². The average molecular weight is 390 g/mol. The summed E-state index contributed by atoms with van der Waals surface area (Å²) in [5, 5.41) is 3.72. The van der Waals surface area contributed by atoms with Crippen molar-refractivity contribution < 1.29 is 19.0 Å². The molecule has 1 aromatic carbocycles. The monoisotopic (exact) mass is 390 g/mol. The van der Waals surface area contributed by atoms with Crippen molar-refractivity contribution in [1.82, 2.24) is 9.97 Å². The van der Waals surface area contributed by atoms with Crippen molar-refractivity contribution in [3.63, 3.8) is 0 Å². The second-order valence-corrected chi connectivity index (χ2v) is 6.94. The summed E-state index contributed by atoms with van der Waals surface area (Å²) in [6.07, 6.45) is 1.51. The molecular weight excluding hydrogens is 372 g/mol. The normalized spacial score (nSPS) is 10.7. The molecule has 0 saturated carbocycles. The zero-order chi connectivity index (χ0) is 18.2. The largest absolute Gasteiger partial charge is 0.494 e. The third kappa shape index (κ3) is 5.09. The summed E-state index contributed by atoms with van der Waals surface area (Å²) in [5.74, 6) is 1.41. The number of nitrogens with zero attached hydrogens (tertiary/aromatic N) is 2. The molecule has 3 aromatic rings. The first-order valence-corrected chi connectivity index (χ1v) is 9.95. The van der Waals surface area contributed by atoms with Crippen molar-refractivity contribution in [3.05, 3.63) is 42.0 Å². The molecule has 0 fully saturated rings. The lowest BCUT2D eigenvalue weighted by atomic mass is 10.3. The van der Waals surface area contributed by atoms with Crippen LogP contribution in [0.4, 0.5) is 0 Å². The Morgan fingerprint density at radius 3 is 2.62 bits per heavy atom. The maximum absolute atomic E-state index is 11.9. The summed E-state index contributed by atoms with van der Waals surface area (Å²) in [6, 6.07) is 9.29. The van der Waals surface area contributed by atoms with Crippen molar-refractivity contribution in [2.24, 2.45) is 0 Å². The van der Waals surface area contributed by atoms with Gasteiger partial charge in [0.1, 0.15) is 40.9 Å². The minimum atomic E-state index is -0.299. The molecule has 0 aliphatic heterocycles. The molecule has 0 spiro atoms. The Hall–Kier alpha value is -2.32. The predicted octanol–water partition coefficient (Wildman–Crippen LogP) is 3.80. The van der Waals surface area contributed by atoms with Crippen molar-refractivity contribution in [2.45, 2.75) is 11.9 Å². The molecule has 0 bridgehead atoms. The van der Waals surface area contributed by atoms with Gasteiger partial charge in [-0.3, -0.25) is 4.79 Å². The quantitative estimate of drug-likeness (QED) is 0.238. The van der Waals surface area contributed by atoms with Gasteiger partial charge in [-0.15, -0.1) is 11.3 Å². The van der Waals surface area contributed by atoms with Crippen molar-refractivity contribution in [2.75, 3.05) is 25.6 Å². The Morgan fingerprint density at radius 1 is 1.08 bits per heavy atom. The highest BCUT2D eigenvalue weighted by Crippen LogP contribution is 2.27. The lowest BCUT2D eigenvalue weighted by Gasteiger charge is -2.08. The molecule has 0 atom stereocenters. The van der Waals surface area contributed by atoms with E-state index in [1.54, 1.807) is 11.3 Å². The summed E-state index contributed by atoms with van der Waals surface area (Å²) < 4.78 is 16.1. The molecule has 6 nitrogen and oxygen atoms in total. The molecule has 26 heavy (non-hydrogen) atoms. The molecule has 136 valence electrons. The molecule has 0 saturated heterocycles. The second-order valence-electron chi connectivity index (χ2n) is 5.08. The van der Waals surface area contributed by atoms with Gasteiger partial charge >= 0.3 is 5.97 Å². The Balaban J connectivity index is 1.37. The van der Waals surface area contributed by atoms with Crippen LogP contribution in [0, 0.1) is 0 Å². The average Bonchev–Trinajstić information content (AvgIpc) is 3.14. The molecule has 2 heterocycles. The second kappa shape index (κ2) is 9.40. The zero-order valence-corrected chi connectivity index (χ0v) is 15.8. The summed E-state index contributed by atoms with van der Waals surface area (Å²) in [4.78, 5) is 21.2. The van der Waals surface area contributed by atoms with Crippen LogP contribution in [0.5, 0.6) is 11.5 Å².